The maximum atomic E-state index is 11.5. The molecule has 0 heterocycles. The van der Waals surface area contributed by atoms with Crippen molar-refractivity contribution in [3.05, 3.63) is 70.3 Å². The monoisotopic (exact) mass is 428 g/mol. The molecule has 0 saturated heterocycles. The summed E-state index contributed by atoms with van der Waals surface area (Å²) in [5, 5.41) is 18.5. The summed E-state index contributed by atoms with van der Waals surface area (Å²) in [6.07, 6.45) is 7.94. The maximum Gasteiger partial charge on any atom is 0.336 e. The molecular formula is C28H28O4. The van der Waals surface area contributed by atoms with Gasteiger partial charge in [-0.2, -0.15) is 0 Å². The average molecular weight is 429 g/mol. The molecule has 4 saturated carbocycles. The van der Waals surface area contributed by atoms with Gasteiger partial charge in [0.15, 0.2) is 0 Å². The molecule has 0 spiro atoms. The van der Waals surface area contributed by atoms with E-state index in [0.29, 0.717) is 16.4 Å². The predicted molar refractivity (Wildman–Crippen MR) is 122 cm³/mol. The van der Waals surface area contributed by atoms with Crippen LogP contribution in [-0.2, 0) is 5.41 Å². The van der Waals surface area contributed by atoms with Crippen molar-refractivity contribution in [2.24, 2.45) is 16.7 Å². The van der Waals surface area contributed by atoms with E-state index in [0.717, 1.165) is 17.5 Å². The highest BCUT2D eigenvalue weighted by Gasteiger charge is 2.60. The third-order valence-corrected chi connectivity index (χ3v) is 7.96. The molecule has 2 aromatic rings. The molecule has 0 aliphatic heterocycles. The number of carbonyl (C=O) groups is 2. The molecule has 2 atom stereocenters. The first-order chi connectivity index (χ1) is 15.1. The van der Waals surface area contributed by atoms with Crippen molar-refractivity contribution in [3.63, 3.8) is 0 Å². The van der Waals surface area contributed by atoms with Crippen LogP contribution in [0.25, 0.3) is 0 Å². The van der Waals surface area contributed by atoms with Crippen LogP contribution < -0.4 is 0 Å². The Morgan fingerprint density at radius 2 is 1.50 bits per heavy atom. The molecule has 0 radical (unpaired) electrons. The first-order valence-electron chi connectivity index (χ1n) is 11.3. The molecule has 4 aliphatic rings. The molecule has 164 valence electrons. The summed E-state index contributed by atoms with van der Waals surface area (Å²) in [6.45, 7) is 4.97. The normalized spacial score (nSPS) is 32.2. The summed E-state index contributed by atoms with van der Waals surface area (Å²) in [6, 6.07) is 12.5. The van der Waals surface area contributed by atoms with Crippen LogP contribution in [-0.4, -0.2) is 22.2 Å². The van der Waals surface area contributed by atoms with Crippen LogP contribution in [0.2, 0.25) is 0 Å². The molecule has 2 N–H and O–H groups in total. The maximum absolute atomic E-state index is 11.5. The summed E-state index contributed by atoms with van der Waals surface area (Å²) in [4.78, 5) is 22.7. The molecule has 0 amide bonds. The largest absolute Gasteiger partial charge is 0.478 e. The van der Waals surface area contributed by atoms with Crippen LogP contribution in [0.4, 0.5) is 0 Å². The van der Waals surface area contributed by atoms with Crippen LogP contribution in [0.15, 0.2) is 42.5 Å². The number of aromatic carboxylic acids is 2. The van der Waals surface area contributed by atoms with E-state index in [1.165, 1.54) is 56.2 Å². The topological polar surface area (TPSA) is 74.6 Å². The van der Waals surface area contributed by atoms with Crippen molar-refractivity contribution in [2.75, 3.05) is 0 Å². The summed E-state index contributed by atoms with van der Waals surface area (Å²) in [5.74, 6) is 4.48. The Kier molecular flexibility index (Phi) is 4.53. The van der Waals surface area contributed by atoms with Gasteiger partial charge in [-0.1, -0.05) is 37.8 Å². The van der Waals surface area contributed by atoms with Gasteiger partial charge in [-0.3, -0.25) is 0 Å². The second-order valence-electron chi connectivity index (χ2n) is 11.1. The van der Waals surface area contributed by atoms with Gasteiger partial charge in [0, 0.05) is 11.1 Å². The molecule has 4 nitrogen and oxygen atoms in total. The van der Waals surface area contributed by atoms with E-state index < -0.39 is 11.9 Å². The zero-order chi connectivity index (χ0) is 22.7. The predicted octanol–water partition coefficient (Wildman–Crippen LogP) is 5.73. The van der Waals surface area contributed by atoms with Gasteiger partial charge in [0.25, 0.3) is 0 Å². The second-order valence-corrected chi connectivity index (χ2v) is 11.1. The molecule has 2 aromatic carbocycles. The SMILES string of the molecule is CC12CC3CC(C)(C1)CC(c1ccc(C#Cc4ccc(C(=O)O)cc4C(=O)O)cc1)(C3)C2. The van der Waals surface area contributed by atoms with Crippen LogP contribution in [0.3, 0.4) is 0 Å². The smallest absolute Gasteiger partial charge is 0.336 e. The first kappa shape index (κ1) is 20.8. The Labute approximate surface area is 188 Å². The van der Waals surface area contributed by atoms with Crippen LogP contribution in [0.5, 0.6) is 0 Å². The van der Waals surface area contributed by atoms with Crippen molar-refractivity contribution >= 4 is 11.9 Å². The van der Waals surface area contributed by atoms with Gasteiger partial charge >= 0.3 is 11.9 Å². The molecule has 4 heteroatoms. The highest BCUT2D eigenvalue weighted by molar-refractivity contribution is 5.95. The zero-order valence-corrected chi connectivity index (χ0v) is 18.6. The van der Waals surface area contributed by atoms with E-state index in [2.05, 4.69) is 37.8 Å². The van der Waals surface area contributed by atoms with Gasteiger partial charge in [-0.05, 0) is 96.6 Å². The van der Waals surface area contributed by atoms with E-state index in [4.69, 9.17) is 5.11 Å². The number of hydrogen-bond acceptors (Lipinski definition) is 2. The summed E-state index contributed by atoms with van der Waals surface area (Å²) in [7, 11) is 0. The average Bonchev–Trinajstić information content (AvgIpc) is 2.69. The van der Waals surface area contributed by atoms with Gasteiger partial charge < -0.3 is 10.2 Å². The minimum Gasteiger partial charge on any atom is -0.478 e. The lowest BCUT2D eigenvalue weighted by Crippen LogP contribution is -2.56. The second kappa shape index (κ2) is 6.97. The molecule has 6 rings (SSSR count). The van der Waals surface area contributed by atoms with Crippen molar-refractivity contribution in [3.8, 4) is 11.8 Å². The minimum atomic E-state index is -1.18. The zero-order valence-electron chi connectivity index (χ0n) is 18.6. The van der Waals surface area contributed by atoms with Gasteiger partial charge in [0.05, 0.1) is 11.1 Å². The number of hydrogen-bond donors (Lipinski definition) is 2. The van der Waals surface area contributed by atoms with Gasteiger partial charge in [0.2, 0.25) is 0 Å². The third kappa shape index (κ3) is 3.50. The van der Waals surface area contributed by atoms with E-state index in [1.807, 2.05) is 12.1 Å². The molecule has 2 unspecified atom stereocenters. The quantitative estimate of drug-likeness (QED) is 0.612. The highest BCUT2D eigenvalue weighted by Crippen LogP contribution is 2.69. The van der Waals surface area contributed by atoms with Crippen molar-refractivity contribution in [1.82, 2.24) is 0 Å². The fraction of sp³-hybridized carbons (Fsp3) is 0.429. The summed E-state index contributed by atoms with van der Waals surface area (Å²) in [5.41, 5.74) is 3.60. The Balaban J connectivity index is 1.43. The summed E-state index contributed by atoms with van der Waals surface area (Å²) >= 11 is 0. The van der Waals surface area contributed by atoms with Gasteiger partial charge in [0.1, 0.15) is 0 Å². The van der Waals surface area contributed by atoms with E-state index in [-0.39, 0.29) is 16.5 Å². The van der Waals surface area contributed by atoms with Gasteiger partial charge in [-0.15, -0.1) is 0 Å². The fourth-order valence-corrected chi connectivity index (χ4v) is 7.78. The summed E-state index contributed by atoms with van der Waals surface area (Å²) < 4.78 is 0. The fourth-order valence-electron chi connectivity index (χ4n) is 7.78. The Morgan fingerprint density at radius 1 is 0.844 bits per heavy atom. The molecule has 32 heavy (non-hydrogen) atoms. The van der Waals surface area contributed by atoms with Crippen molar-refractivity contribution in [1.29, 1.82) is 0 Å². The molecule has 4 bridgehead atoms. The Morgan fingerprint density at radius 3 is 2.06 bits per heavy atom. The molecule has 4 aliphatic carbocycles. The first-order valence-corrected chi connectivity index (χ1v) is 11.3. The minimum absolute atomic E-state index is 0.0599. The van der Waals surface area contributed by atoms with Gasteiger partial charge in [-0.25, -0.2) is 9.59 Å². The number of benzene rings is 2. The lowest BCUT2D eigenvalue weighted by Gasteiger charge is -2.65. The highest BCUT2D eigenvalue weighted by atomic mass is 16.4. The van der Waals surface area contributed by atoms with Crippen molar-refractivity contribution < 1.29 is 19.8 Å². The van der Waals surface area contributed by atoms with Crippen molar-refractivity contribution in [2.45, 2.75) is 57.8 Å². The van der Waals surface area contributed by atoms with E-state index >= 15 is 0 Å². The standard InChI is InChI=1S/C28H28O4/c1-26-12-19-13-27(2,15-26)17-28(14-19,16-26)22-9-4-18(5-10-22)3-6-20-7-8-21(24(29)30)11-23(20)25(31)32/h4-5,7-11,19H,12-17H2,1-2H3,(H,29,30)(H,31,32). The molecule has 0 aromatic heterocycles. The van der Waals surface area contributed by atoms with Crippen LogP contribution in [0.1, 0.15) is 89.8 Å². The Bertz CT molecular complexity index is 1160. The molecular weight excluding hydrogens is 400 g/mol. The van der Waals surface area contributed by atoms with E-state index in [1.54, 1.807) is 0 Å². The van der Waals surface area contributed by atoms with Crippen LogP contribution in [0, 0.1) is 28.6 Å². The number of rotatable bonds is 3. The third-order valence-electron chi connectivity index (χ3n) is 7.96. The number of carboxylic acid groups (broad SMARTS) is 2. The number of carboxylic acids is 2. The molecule has 4 fully saturated rings. The van der Waals surface area contributed by atoms with Crippen LogP contribution >= 0.6 is 0 Å². The van der Waals surface area contributed by atoms with E-state index in [9.17, 15) is 14.7 Å². The Hall–Kier alpha value is -3.06. The lowest BCUT2D eigenvalue weighted by molar-refractivity contribution is -0.110. The lowest BCUT2D eigenvalue weighted by atomic mass is 9.39.